The lowest BCUT2D eigenvalue weighted by Gasteiger charge is -2.21. The summed E-state index contributed by atoms with van der Waals surface area (Å²) in [4.78, 5) is 18.2. The van der Waals surface area contributed by atoms with E-state index in [-0.39, 0.29) is 36.8 Å². The predicted octanol–water partition coefficient (Wildman–Crippen LogP) is 3.39. The van der Waals surface area contributed by atoms with Crippen LogP contribution in [-0.4, -0.2) is 45.6 Å². The molecular weight excluding hydrogens is 393 g/mol. The molecule has 1 amide bonds. The number of nitrogens with one attached hydrogen (secondary N) is 1. The molecule has 2 rings (SSSR count). The van der Waals surface area contributed by atoms with E-state index >= 15 is 0 Å². The zero-order valence-electron chi connectivity index (χ0n) is 15.2. The van der Waals surface area contributed by atoms with E-state index in [1.54, 1.807) is 16.7 Å². The van der Waals surface area contributed by atoms with Gasteiger partial charge >= 0.3 is 0 Å². The van der Waals surface area contributed by atoms with Crippen LogP contribution in [0.25, 0.3) is 0 Å². The SMILES string of the molecule is CC(C)C(N)CCN(C)C(=O)c1ccc(CSc2ncn[nH]2)cc1.Cl.Cl. The predicted molar refractivity (Wildman–Crippen MR) is 111 cm³/mol. The number of thioether (sulfide) groups is 1. The van der Waals surface area contributed by atoms with Crippen LogP contribution in [0.1, 0.15) is 36.2 Å². The van der Waals surface area contributed by atoms with Gasteiger partial charge in [-0.25, -0.2) is 4.98 Å². The molecule has 0 spiro atoms. The van der Waals surface area contributed by atoms with Crippen LogP contribution in [0.2, 0.25) is 0 Å². The monoisotopic (exact) mass is 419 g/mol. The summed E-state index contributed by atoms with van der Waals surface area (Å²) in [6.07, 6.45) is 2.30. The Balaban J connectivity index is 0.00000312. The third-order valence-electron chi connectivity index (χ3n) is 3.97. The molecule has 0 radical (unpaired) electrons. The third-order valence-corrected chi connectivity index (χ3v) is 4.92. The molecule has 0 aliphatic heterocycles. The molecule has 3 N–H and O–H groups in total. The summed E-state index contributed by atoms with van der Waals surface area (Å²) in [6, 6.07) is 7.82. The molecule has 0 aliphatic carbocycles. The number of carbonyl (C=O) groups is 1. The molecule has 0 saturated heterocycles. The Bertz CT molecular complexity index is 637. The van der Waals surface area contributed by atoms with E-state index in [1.807, 2.05) is 31.3 Å². The Labute approximate surface area is 171 Å². The first-order valence-electron chi connectivity index (χ1n) is 8.05. The minimum absolute atomic E-state index is 0. The average molecular weight is 420 g/mol. The molecular formula is C17H27Cl2N5OS. The highest BCUT2D eigenvalue weighted by molar-refractivity contribution is 7.98. The molecule has 0 aliphatic rings. The second-order valence-electron chi connectivity index (χ2n) is 6.20. The number of aromatic amines is 1. The van der Waals surface area contributed by atoms with Crippen LogP contribution in [0.15, 0.2) is 35.7 Å². The molecule has 9 heteroatoms. The summed E-state index contributed by atoms with van der Waals surface area (Å²) in [5.41, 5.74) is 7.88. The minimum atomic E-state index is 0. The van der Waals surface area contributed by atoms with Gasteiger partial charge in [0.2, 0.25) is 0 Å². The second-order valence-corrected chi connectivity index (χ2v) is 7.16. The molecule has 1 aromatic carbocycles. The normalized spacial score (nSPS) is 11.4. The van der Waals surface area contributed by atoms with Crippen LogP contribution in [0.5, 0.6) is 0 Å². The number of H-pyrrole nitrogens is 1. The van der Waals surface area contributed by atoms with Gasteiger partial charge in [-0.15, -0.1) is 24.8 Å². The third kappa shape index (κ3) is 7.53. The zero-order chi connectivity index (χ0) is 17.5. The van der Waals surface area contributed by atoms with Gasteiger partial charge in [0, 0.05) is 31.0 Å². The molecule has 146 valence electrons. The Hall–Kier alpha value is -1.28. The van der Waals surface area contributed by atoms with E-state index in [0.29, 0.717) is 18.0 Å². The number of benzene rings is 1. The van der Waals surface area contributed by atoms with Gasteiger partial charge < -0.3 is 10.6 Å². The van der Waals surface area contributed by atoms with Gasteiger partial charge in [0.25, 0.3) is 5.91 Å². The van der Waals surface area contributed by atoms with Crippen LogP contribution in [0.4, 0.5) is 0 Å². The molecule has 6 nitrogen and oxygen atoms in total. The van der Waals surface area contributed by atoms with Gasteiger partial charge in [-0.3, -0.25) is 9.89 Å². The summed E-state index contributed by atoms with van der Waals surface area (Å²) >= 11 is 1.58. The maximum absolute atomic E-state index is 12.4. The maximum Gasteiger partial charge on any atom is 0.253 e. The number of rotatable bonds is 8. The minimum Gasteiger partial charge on any atom is -0.342 e. The van der Waals surface area contributed by atoms with Crippen LogP contribution < -0.4 is 5.73 Å². The second kappa shape index (κ2) is 12.2. The lowest BCUT2D eigenvalue weighted by molar-refractivity contribution is 0.0789. The van der Waals surface area contributed by atoms with Crippen LogP contribution in [0, 0.1) is 5.92 Å². The first-order chi connectivity index (χ1) is 11.5. The van der Waals surface area contributed by atoms with Crippen LogP contribution in [0.3, 0.4) is 0 Å². The molecule has 0 bridgehead atoms. The maximum atomic E-state index is 12.4. The lowest BCUT2D eigenvalue weighted by atomic mass is 10.0. The fourth-order valence-corrected chi connectivity index (χ4v) is 2.89. The summed E-state index contributed by atoms with van der Waals surface area (Å²) < 4.78 is 0. The fraction of sp³-hybridized carbons (Fsp3) is 0.471. The number of aromatic nitrogens is 3. The quantitative estimate of drug-likeness (QED) is 0.640. The Morgan fingerprint density at radius 3 is 2.46 bits per heavy atom. The number of amides is 1. The number of nitrogens with two attached hydrogens (primary N) is 1. The molecule has 0 fully saturated rings. The summed E-state index contributed by atoms with van der Waals surface area (Å²) in [5, 5.41) is 7.42. The van der Waals surface area contributed by atoms with Crippen molar-refractivity contribution in [2.45, 2.75) is 37.2 Å². The van der Waals surface area contributed by atoms with Gasteiger partial charge in [0.15, 0.2) is 5.16 Å². The first-order valence-corrected chi connectivity index (χ1v) is 9.04. The van der Waals surface area contributed by atoms with Crippen molar-refractivity contribution in [3.05, 3.63) is 41.7 Å². The Morgan fingerprint density at radius 2 is 1.92 bits per heavy atom. The van der Waals surface area contributed by atoms with Crippen molar-refractivity contribution in [1.82, 2.24) is 20.1 Å². The molecule has 1 atom stereocenters. The van der Waals surface area contributed by atoms with E-state index < -0.39 is 0 Å². The van der Waals surface area contributed by atoms with Gasteiger partial charge in [-0.1, -0.05) is 37.7 Å². The smallest absolute Gasteiger partial charge is 0.253 e. The van der Waals surface area contributed by atoms with Crippen LogP contribution in [-0.2, 0) is 5.75 Å². The van der Waals surface area contributed by atoms with Gasteiger partial charge in [0.05, 0.1) is 0 Å². The van der Waals surface area contributed by atoms with E-state index in [9.17, 15) is 4.79 Å². The highest BCUT2D eigenvalue weighted by atomic mass is 35.5. The topological polar surface area (TPSA) is 87.9 Å². The number of hydrogen-bond donors (Lipinski definition) is 2. The molecule has 2 aromatic rings. The van der Waals surface area contributed by atoms with E-state index in [2.05, 4.69) is 29.0 Å². The molecule has 1 aromatic heterocycles. The van der Waals surface area contributed by atoms with E-state index in [0.717, 1.165) is 22.9 Å². The van der Waals surface area contributed by atoms with Gasteiger partial charge in [-0.05, 0) is 30.0 Å². The van der Waals surface area contributed by atoms with Gasteiger partial charge in [0.1, 0.15) is 6.33 Å². The number of hydrogen-bond acceptors (Lipinski definition) is 5. The van der Waals surface area contributed by atoms with Gasteiger partial charge in [-0.2, -0.15) is 5.10 Å². The highest BCUT2D eigenvalue weighted by Crippen LogP contribution is 2.19. The van der Waals surface area contributed by atoms with E-state index in [4.69, 9.17) is 5.73 Å². The van der Waals surface area contributed by atoms with Crippen molar-refractivity contribution in [1.29, 1.82) is 0 Å². The summed E-state index contributed by atoms with van der Waals surface area (Å²) in [5.74, 6) is 1.23. The number of carbonyl (C=O) groups excluding carboxylic acids is 1. The number of halogens is 2. The van der Waals surface area contributed by atoms with Crippen molar-refractivity contribution in [3.63, 3.8) is 0 Å². The Kier molecular flexibility index (Phi) is 11.6. The standard InChI is InChI=1S/C17H25N5OS.2ClH/c1-12(2)15(18)8-9-22(3)16(23)14-6-4-13(5-7-14)10-24-17-19-11-20-21-17;;/h4-7,11-12,15H,8-10,18H2,1-3H3,(H,19,20,21);2*1H. The molecule has 26 heavy (non-hydrogen) atoms. The van der Waals surface area contributed by atoms with Crippen molar-refractivity contribution >= 4 is 42.5 Å². The summed E-state index contributed by atoms with van der Waals surface area (Å²) in [6.45, 7) is 4.87. The zero-order valence-corrected chi connectivity index (χ0v) is 17.7. The van der Waals surface area contributed by atoms with Crippen molar-refractivity contribution in [2.75, 3.05) is 13.6 Å². The Morgan fingerprint density at radius 1 is 1.27 bits per heavy atom. The van der Waals surface area contributed by atoms with E-state index in [1.165, 1.54) is 6.33 Å². The molecule has 0 saturated carbocycles. The fourth-order valence-electron chi connectivity index (χ4n) is 2.16. The average Bonchev–Trinajstić information content (AvgIpc) is 3.10. The lowest BCUT2D eigenvalue weighted by Crippen LogP contribution is -2.34. The highest BCUT2D eigenvalue weighted by Gasteiger charge is 2.14. The van der Waals surface area contributed by atoms with Crippen molar-refractivity contribution in [2.24, 2.45) is 11.7 Å². The largest absolute Gasteiger partial charge is 0.342 e. The number of nitrogens with zero attached hydrogens (tertiary/aromatic N) is 3. The molecule has 1 heterocycles. The molecule has 1 unspecified atom stereocenters. The van der Waals surface area contributed by atoms with Crippen molar-refractivity contribution < 1.29 is 4.79 Å². The van der Waals surface area contributed by atoms with Crippen molar-refractivity contribution in [3.8, 4) is 0 Å². The summed E-state index contributed by atoms with van der Waals surface area (Å²) in [7, 11) is 1.82. The first kappa shape index (κ1) is 24.7. The van der Waals surface area contributed by atoms with Crippen LogP contribution >= 0.6 is 36.6 Å².